The van der Waals surface area contributed by atoms with Gasteiger partial charge in [-0.25, -0.2) is 0 Å². The van der Waals surface area contributed by atoms with Crippen LogP contribution in [0.4, 0.5) is 0 Å². The molecular formula is C14H26O2Si. The maximum absolute atomic E-state index is 5.62. The lowest BCUT2D eigenvalue weighted by molar-refractivity contribution is -0.154. The van der Waals surface area contributed by atoms with Crippen LogP contribution < -0.4 is 0 Å². The number of hydrogen-bond acceptors (Lipinski definition) is 2. The Morgan fingerprint density at radius 1 is 1.29 bits per heavy atom. The van der Waals surface area contributed by atoms with Gasteiger partial charge in [-0.2, -0.15) is 0 Å². The molecule has 17 heavy (non-hydrogen) atoms. The van der Waals surface area contributed by atoms with Gasteiger partial charge >= 0.3 is 0 Å². The van der Waals surface area contributed by atoms with E-state index in [2.05, 4.69) is 45.3 Å². The van der Waals surface area contributed by atoms with Gasteiger partial charge in [0.2, 0.25) is 0 Å². The Kier molecular flexibility index (Phi) is 5.24. The first-order valence-corrected chi connectivity index (χ1v) is 9.56. The zero-order valence-corrected chi connectivity index (χ0v) is 12.9. The Labute approximate surface area is 107 Å². The Morgan fingerprint density at radius 3 is 2.53 bits per heavy atom. The molecule has 0 saturated carbocycles. The van der Waals surface area contributed by atoms with Crippen molar-refractivity contribution in [2.24, 2.45) is 0 Å². The van der Waals surface area contributed by atoms with Crippen LogP contribution in [0.25, 0.3) is 0 Å². The monoisotopic (exact) mass is 254 g/mol. The standard InChI is InChI=1S/C14H26O2Si/c1-14(2,3)17(4,5)12-8-11-16-13-9-6-7-10-15-13/h13H,6-7,9-11H2,1-5H3. The molecule has 0 aliphatic carbocycles. The van der Waals surface area contributed by atoms with Crippen LogP contribution in [0, 0.1) is 11.5 Å². The smallest absolute Gasteiger partial charge is 0.158 e. The van der Waals surface area contributed by atoms with E-state index in [0.717, 1.165) is 19.4 Å². The highest BCUT2D eigenvalue weighted by Crippen LogP contribution is 2.35. The van der Waals surface area contributed by atoms with E-state index in [1.165, 1.54) is 6.42 Å². The van der Waals surface area contributed by atoms with Gasteiger partial charge in [-0.1, -0.05) is 39.8 Å². The molecule has 0 amide bonds. The molecule has 1 saturated heterocycles. The van der Waals surface area contributed by atoms with Gasteiger partial charge in [0.25, 0.3) is 0 Å². The second-order valence-corrected chi connectivity index (χ2v) is 11.3. The zero-order valence-electron chi connectivity index (χ0n) is 11.9. The van der Waals surface area contributed by atoms with Crippen molar-refractivity contribution in [1.82, 2.24) is 0 Å². The predicted octanol–water partition coefficient (Wildman–Crippen LogP) is 3.58. The molecule has 1 rings (SSSR count). The van der Waals surface area contributed by atoms with Crippen LogP contribution in [0.2, 0.25) is 18.1 Å². The lowest BCUT2D eigenvalue weighted by Crippen LogP contribution is -2.35. The fourth-order valence-corrected chi connectivity index (χ4v) is 2.31. The van der Waals surface area contributed by atoms with E-state index in [-0.39, 0.29) is 6.29 Å². The van der Waals surface area contributed by atoms with E-state index in [4.69, 9.17) is 9.47 Å². The largest absolute Gasteiger partial charge is 0.353 e. The van der Waals surface area contributed by atoms with Gasteiger partial charge < -0.3 is 9.47 Å². The van der Waals surface area contributed by atoms with E-state index in [1.54, 1.807) is 0 Å². The van der Waals surface area contributed by atoms with E-state index < -0.39 is 8.07 Å². The zero-order chi connectivity index (χ0) is 12.9. The van der Waals surface area contributed by atoms with Crippen molar-refractivity contribution in [3.05, 3.63) is 0 Å². The highest BCUT2D eigenvalue weighted by atomic mass is 28.3. The molecule has 1 heterocycles. The molecule has 0 spiro atoms. The van der Waals surface area contributed by atoms with Gasteiger partial charge in [-0.3, -0.25) is 0 Å². The molecule has 1 fully saturated rings. The Hall–Kier alpha value is -0.303. The van der Waals surface area contributed by atoms with E-state index >= 15 is 0 Å². The third kappa shape index (κ3) is 4.83. The van der Waals surface area contributed by atoms with Gasteiger partial charge in [0.15, 0.2) is 6.29 Å². The highest BCUT2D eigenvalue weighted by Gasteiger charge is 2.33. The number of rotatable bonds is 2. The first-order chi connectivity index (χ1) is 7.83. The summed E-state index contributed by atoms with van der Waals surface area (Å²) in [4.78, 5) is 0. The van der Waals surface area contributed by atoms with Crippen LogP contribution in [0.5, 0.6) is 0 Å². The lowest BCUT2D eigenvalue weighted by atomic mass is 10.2. The summed E-state index contributed by atoms with van der Waals surface area (Å²) in [6.07, 6.45) is 3.37. The molecule has 0 bridgehead atoms. The van der Waals surface area contributed by atoms with E-state index in [0.29, 0.717) is 11.6 Å². The van der Waals surface area contributed by atoms with Crippen LogP contribution in [-0.4, -0.2) is 27.6 Å². The third-order valence-electron chi connectivity index (χ3n) is 3.76. The van der Waals surface area contributed by atoms with Gasteiger partial charge in [0.05, 0.1) is 0 Å². The Balaban J connectivity index is 2.35. The molecule has 1 unspecified atom stereocenters. The minimum atomic E-state index is -1.47. The summed E-state index contributed by atoms with van der Waals surface area (Å²) in [7, 11) is -1.47. The Bertz CT molecular complexity index is 288. The van der Waals surface area contributed by atoms with Crippen LogP contribution in [0.1, 0.15) is 40.0 Å². The molecule has 0 N–H and O–H groups in total. The summed E-state index contributed by atoms with van der Waals surface area (Å²) in [6, 6.07) is 0. The summed E-state index contributed by atoms with van der Waals surface area (Å²) in [6.45, 7) is 12.8. The van der Waals surface area contributed by atoms with Crippen LogP contribution in [0.15, 0.2) is 0 Å². The van der Waals surface area contributed by atoms with Crippen molar-refractivity contribution in [2.75, 3.05) is 13.2 Å². The van der Waals surface area contributed by atoms with Crippen molar-refractivity contribution < 1.29 is 9.47 Å². The van der Waals surface area contributed by atoms with Crippen molar-refractivity contribution in [3.63, 3.8) is 0 Å². The topological polar surface area (TPSA) is 18.5 Å². The normalized spacial score (nSPS) is 21.8. The molecule has 2 nitrogen and oxygen atoms in total. The quantitative estimate of drug-likeness (QED) is 0.554. The molecular weight excluding hydrogens is 228 g/mol. The van der Waals surface area contributed by atoms with Crippen molar-refractivity contribution in [3.8, 4) is 11.5 Å². The van der Waals surface area contributed by atoms with E-state index in [1.807, 2.05) is 0 Å². The first kappa shape index (κ1) is 14.8. The maximum atomic E-state index is 5.62. The first-order valence-electron chi connectivity index (χ1n) is 6.56. The molecule has 1 aliphatic heterocycles. The highest BCUT2D eigenvalue weighted by molar-refractivity contribution is 6.87. The van der Waals surface area contributed by atoms with Gasteiger partial charge in [0, 0.05) is 6.61 Å². The average Bonchev–Trinajstić information content (AvgIpc) is 2.24. The van der Waals surface area contributed by atoms with Crippen molar-refractivity contribution >= 4 is 8.07 Å². The Morgan fingerprint density at radius 2 is 2.00 bits per heavy atom. The van der Waals surface area contributed by atoms with Crippen LogP contribution >= 0.6 is 0 Å². The second kappa shape index (κ2) is 6.04. The van der Waals surface area contributed by atoms with Crippen LogP contribution in [-0.2, 0) is 9.47 Å². The molecule has 3 heteroatoms. The fourth-order valence-electron chi connectivity index (χ4n) is 1.42. The van der Waals surface area contributed by atoms with Gasteiger partial charge in [-0.05, 0) is 24.3 Å². The van der Waals surface area contributed by atoms with Gasteiger partial charge in [-0.15, -0.1) is 5.54 Å². The molecule has 1 aliphatic rings. The summed E-state index contributed by atoms with van der Waals surface area (Å²) in [5, 5.41) is 0.321. The third-order valence-corrected chi connectivity index (χ3v) is 8.31. The van der Waals surface area contributed by atoms with Gasteiger partial charge in [0.1, 0.15) is 14.7 Å². The molecule has 1 atom stereocenters. The SMILES string of the molecule is CC(C)(C)[Si](C)(C)C#CCOC1CCCCO1. The molecule has 0 aromatic carbocycles. The van der Waals surface area contributed by atoms with E-state index in [9.17, 15) is 0 Å². The maximum Gasteiger partial charge on any atom is 0.158 e. The van der Waals surface area contributed by atoms with Crippen molar-refractivity contribution in [1.29, 1.82) is 0 Å². The number of ether oxygens (including phenoxy) is 2. The summed E-state index contributed by atoms with van der Waals surface area (Å²) in [5.74, 6) is 3.19. The van der Waals surface area contributed by atoms with Crippen molar-refractivity contribution in [2.45, 2.75) is 64.5 Å². The van der Waals surface area contributed by atoms with Crippen LogP contribution in [0.3, 0.4) is 0 Å². The molecule has 0 aromatic heterocycles. The second-order valence-electron chi connectivity index (χ2n) is 6.28. The summed E-state index contributed by atoms with van der Waals surface area (Å²) >= 11 is 0. The fraction of sp³-hybridized carbons (Fsp3) is 0.857. The number of hydrogen-bond donors (Lipinski definition) is 0. The molecule has 98 valence electrons. The average molecular weight is 254 g/mol. The lowest BCUT2D eigenvalue weighted by Gasteiger charge is -2.31. The molecule has 0 radical (unpaired) electrons. The molecule has 0 aromatic rings. The minimum Gasteiger partial charge on any atom is -0.353 e. The summed E-state index contributed by atoms with van der Waals surface area (Å²) in [5.41, 5.74) is 3.45. The minimum absolute atomic E-state index is 0.0162. The predicted molar refractivity (Wildman–Crippen MR) is 74.5 cm³/mol. The summed E-state index contributed by atoms with van der Waals surface area (Å²) < 4.78 is 11.1.